The lowest BCUT2D eigenvalue weighted by Crippen LogP contribution is -2.28. The van der Waals surface area contributed by atoms with E-state index in [2.05, 4.69) is 0 Å². The molecule has 98 valence electrons. The molecule has 0 aromatic rings. The van der Waals surface area contributed by atoms with Gasteiger partial charge in [0.25, 0.3) is 0 Å². The van der Waals surface area contributed by atoms with E-state index in [1.54, 1.807) is 0 Å². The third-order valence-electron chi connectivity index (χ3n) is 2.13. The van der Waals surface area contributed by atoms with Crippen molar-refractivity contribution in [3.8, 4) is 0 Å². The largest absolute Gasteiger partial charge is 0.466 e. The smallest absolute Gasteiger partial charge is 0.303 e. The Kier molecular flexibility index (Phi) is 8.01. The first kappa shape index (κ1) is 15.6. The third kappa shape index (κ3) is 8.42. The molecule has 0 aliphatic carbocycles. The van der Waals surface area contributed by atoms with E-state index in [1.807, 2.05) is 6.92 Å². The van der Waals surface area contributed by atoms with Crippen molar-refractivity contribution in [3.05, 3.63) is 0 Å². The van der Waals surface area contributed by atoms with Crippen molar-refractivity contribution in [1.82, 2.24) is 0 Å². The lowest BCUT2D eigenvalue weighted by atomic mass is 10.1. The van der Waals surface area contributed by atoms with Crippen LogP contribution in [0.15, 0.2) is 0 Å². The van der Waals surface area contributed by atoms with E-state index in [1.165, 1.54) is 13.8 Å². The maximum Gasteiger partial charge on any atom is 0.303 e. The van der Waals surface area contributed by atoms with Gasteiger partial charge in [-0.3, -0.25) is 14.4 Å². The van der Waals surface area contributed by atoms with E-state index >= 15 is 0 Å². The van der Waals surface area contributed by atoms with Crippen LogP contribution in [0.5, 0.6) is 0 Å². The average molecular weight is 244 g/mol. The molecule has 0 amide bonds. The first-order chi connectivity index (χ1) is 7.97. The topological polar surface area (TPSA) is 69.7 Å². The predicted octanol–water partition coefficient (Wildman–Crippen LogP) is 1.63. The normalized spacial score (nSPS) is 11.7. The summed E-state index contributed by atoms with van der Waals surface area (Å²) >= 11 is 0. The minimum absolute atomic E-state index is 0.0884. The number of Topliss-reactive ketones (excluding diaryl/α,β-unsaturated/α-hetero) is 1. The van der Waals surface area contributed by atoms with Gasteiger partial charge in [-0.2, -0.15) is 0 Å². The third-order valence-corrected chi connectivity index (χ3v) is 2.13. The van der Waals surface area contributed by atoms with Gasteiger partial charge in [-0.05, 0) is 6.42 Å². The van der Waals surface area contributed by atoms with Crippen LogP contribution in [0.3, 0.4) is 0 Å². The summed E-state index contributed by atoms with van der Waals surface area (Å²) in [6.45, 7) is 4.61. The monoisotopic (exact) mass is 244 g/mol. The molecule has 0 saturated carbocycles. The number of hydrogen-bond acceptors (Lipinski definition) is 5. The minimum Gasteiger partial charge on any atom is -0.466 e. The van der Waals surface area contributed by atoms with Gasteiger partial charge in [0.05, 0.1) is 6.61 Å². The van der Waals surface area contributed by atoms with Gasteiger partial charge in [0.15, 0.2) is 11.9 Å². The predicted molar refractivity (Wildman–Crippen MR) is 61.3 cm³/mol. The second-order valence-corrected chi connectivity index (χ2v) is 3.80. The molecule has 0 rings (SSSR count). The number of carbonyl (C=O) groups excluding carboxylic acids is 3. The SMILES string of the molecule is CCCCC(=O)C(CCOC(C)=O)OC(C)=O. The van der Waals surface area contributed by atoms with Crippen LogP contribution in [-0.2, 0) is 23.9 Å². The van der Waals surface area contributed by atoms with Crippen LogP contribution in [0, 0.1) is 0 Å². The first-order valence-corrected chi connectivity index (χ1v) is 5.80. The summed E-state index contributed by atoms with van der Waals surface area (Å²) in [6.07, 6.45) is 1.49. The Morgan fingerprint density at radius 3 is 2.24 bits per heavy atom. The highest BCUT2D eigenvalue weighted by atomic mass is 16.6. The molecule has 0 spiro atoms. The number of ketones is 1. The Bertz CT molecular complexity index is 272. The molecule has 0 fully saturated rings. The van der Waals surface area contributed by atoms with Gasteiger partial charge in [-0.25, -0.2) is 0 Å². The molecule has 0 aromatic heterocycles. The van der Waals surface area contributed by atoms with Crippen molar-refractivity contribution >= 4 is 17.7 Å². The summed E-state index contributed by atoms with van der Waals surface area (Å²) in [6, 6.07) is 0. The van der Waals surface area contributed by atoms with Gasteiger partial charge < -0.3 is 9.47 Å². The summed E-state index contributed by atoms with van der Waals surface area (Å²) in [5, 5.41) is 0. The van der Waals surface area contributed by atoms with Crippen molar-refractivity contribution in [2.24, 2.45) is 0 Å². The van der Waals surface area contributed by atoms with Crippen LogP contribution >= 0.6 is 0 Å². The van der Waals surface area contributed by atoms with Crippen LogP contribution < -0.4 is 0 Å². The highest BCUT2D eigenvalue weighted by Gasteiger charge is 2.20. The van der Waals surface area contributed by atoms with Crippen LogP contribution in [0.4, 0.5) is 0 Å². The van der Waals surface area contributed by atoms with Crippen molar-refractivity contribution < 1.29 is 23.9 Å². The molecule has 17 heavy (non-hydrogen) atoms. The Morgan fingerprint density at radius 2 is 1.76 bits per heavy atom. The number of unbranched alkanes of at least 4 members (excludes halogenated alkanes) is 1. The second kappa shape index (κ2) is 8.73. The van der Waals surface area contributed by atoms with Crippen molar-refractivity contribution in [1.29, 1.82) is 0 Å². The molecule has 1 unspecified atom stereocenters. The minimum atomic E-state index is -0.793. The van der Waals surface area contributed by atoms with E-state index in [-0.39, 0.29) is 18.8 Å². The fourth-order valence-electron chi connectivity index (χ4n) is 1.31. The number of ether oxygens (including phenoxy) is 2. The molecule has 5 heteroatoms. The zero-order chi connectivity index (χ0) is 13.3. The molecule has 5 nitrogen and oxygen atoms in total. The molecule has 0 N–H and O–H groups in total. The molecule has 0 aliphatic rings. The lowest BCUT2D eigenvalue weighted by molar-refractivity contribution is -0.155. The van der Waals surface area contributed by atoms with Crippen molar-refractivity contribution in [3.63, 3.8) is 0 Å². The number of esters is 2. The number of rotatable bonds is 8. The van der Waals surface area contributed by atoms with Gasteiger partial charge in [-0.15, -0.1) is 0 Å². The first-order valence-electron chi connectivity index (χ1n) is 5.80. The van der Waals surface area contributed by atoms with E-state index in [4.69, 9.17) is 9.47 Å². The summed E-state index contributed by atoms with van der Waals surface area (Å²) in [5.41, 5.74) is 0. The van der Waals surface area contributed by atoms with Crippen LogP contribution in [0.2, 0.25) is 0 Å². The quantitative estimate of drug-likeness (QED) is 0.607. The Hall–Kier alpha value is -1.39. The molecule has 0 aromatic carbocycles. The maximum atomic E-state index is 11.7. The number of hydrogen-bond donors (Lipinski definition) is 0. The lowest BCUT2D eigenvalue weighted by Gasteiger charge is -2.15. The maximum absolute atomic E-state index is 11.7. The average Bonchev–Trinajstić information content (AvgIpc) is 2.23. The zero-order valence-corrected chi connectivity index (χ0v) is 10.7. The Balaban J connectivity index is 4.16. The summed E-state index contributed by atoms with van der Waals surface area (Å²) in [4.78, 5) is 33.1. The van der Waals surface area contributed by atoms with Crippen LogP contribution in [0.1, 0.15) is 46.5 Å². The molecule has 0 heterocycles. The van der Waals surface area contributed by atoms with Crippen LogP contribution in [0.25, 0.3) is 0 Å². The van der Waals surface area contributed by atoms with E-state index in [0.717, 1.165) is 12.8 Å². The molecular formula is C12H20O5. The summed E-state index contributed by atoms with van der Waals surface area (Å²) in [5.74, 6) is -1.02. The van der Waals surface area contributed by atoms with Gasteiger partial charge in [0.1, 0.15) is 0 Å². The fraction of sp³-hybridized carbons (Fsp3) is 0.750. The van der Waals surface area contributed by atoms with Gasteiger partial charge in [0.2, 0.25) is 0 Å². The number of carbonyl (C=O) groups is 3. The molecular weight excluding hydrogens is 224 g/mol. The van der Waals surface area contributed by atoms with E-state index in [9.17, 15) is 14.4 Å². The summed E-state index contributed by atoms with van der Waals surface area (Å²) in [7, 11) is 0. The highest BCUT2D eigenvalue weighted by molar-refractivity contribution is 5.85. The van der Waals surface area contributed by atoms with Crippen molar-refractivity contribution in [2.75, 3.05) is 6.61 Å². The standard InChI is InChI=1S/C12H20O5/c1-4-5-6-11(15)12(17-10(3)14)7-8-16-9(2)13/h12H,4-8H2,1-3H3. The molecule has 0 radical (unpaired) electrons. The van der Waals surface area contributed by atoms with Crippen LogP contribution in [-0.4, -0.2) is 30.4 Å². The molecule has 0 saturated heterocycles. The highest BCUT2D eigenvalue weighted by Crippen LogP contribution is 2.07. The van der Waals surface area contributed by atoms with E-state index in [0.29, 0.717) is 6.42 Å². The molecule has 0 bridgehead atoms. The Labute approximate surface area is 101 Å². The van der Waals surface area contributed by atoms with Gasteiger partial charge >= 0.3 is 11.9 Å². The fourth-order valence-corrected chi connectivity index (χ4v) is 1.31. The molecule has 0 aliphatic heterocycles. The van der Waals surface area contributed by atoms with Gasteiger partial charge in [-0.1, -0.05) is 13.3 Å². The second-order valence-electron chi connectivity index (χ2n) is 3.80. The Morgan fingerprint density at radius 1 is 1.12 bits per heavy atom. The van der Waals surface area contributed by atoms with Crippen molar-refractivity contribution in [2.45, 2.75) is 52.6 Å². The van der Waals surface area contributed by atoms with E-state index < -0.39 is 18.0 Å². The van der Waals surface area contributed by atoms with Gasteiger partial charge in [0, 0.05) is 26.7 Å². The zero-order valence-electron chi connectivity index (χ0n) is 10.7. The molecule has 1 atom stereocenters. The summed E-state index contributed by atoms with van der Waals surface area (Å²) < 4.78 is 9.64.